The van der Waals surface area contributed by atoms with E-state index in [4.69, 9.17) is 21.8 Å². The molecule has 0 bridgehead atoms. The Labute approximate surface area is 132 Å². The van der Waals surface area contributed by atoms with Gasteiger partial charge in [0.05, 0.1) is 0 Å². The SMILES string of the molecule is Nc1nc(N2CCCNCC2)c2oc3ccc(Cl)cc3c2n1. The summed E-state index contributed by atoms with van der Waals surface area (Å²) in [5.41, 5.74) is 8.06. The largest absolute Gasteiger partial charge is 0.450 e. The highest BCUT2D eigenvalue weighted by Crippen LogP contribution is 2.34. The van der Waals surface area contributed by atoms with Gasteiger partial charge < -0.3 is 20.4 Å². The highest BCUT2D eigenvalue weighted by molar-refractivity contribution is 6.31. The minimum Gasteiger partial charge on any atom is -0.450 e. The second-order valence-corrected chi connectivity index (χ2v) is 5.85. The number of nitrogen functional groups attached to an aromatic ring is 1. The number of benzene rings is 1. The van der Waals surface area contributed by atoms with Gasteiger partial charge in [-0.05, 0) is 31.2 Å². The first-order chi connectivity index (χ1) is 10.7. The van der Waals surface area contributed by atoms with Gasteiger partial charge in [0.1, 0.15) is 11.1 Å². The van der Waals surface area contributed by atoms with Gasteiger partial charge in [-0.15, -0.1) is 0 Å². The second-order valence-electron chi connectivity index (χ2n) is 5.42. The number of nitrogens with one attached hydrogen (secondary N) is 1. The lowest BCUT2D eigenvalue weighted by atomic mass is 10.2. The van der Waals surface area contributed by atoms with Crippen LogP contribution in [0.25, 0.3) is 22.1 Å². The van der Waals surface area contributed by atoms with Crippen LogP contribution in [0.1, 0.15) is 6.42 Å². The number of halogens is 1. The standard InChI is InChI=1S/C15H16ClN5O/c16-9-2-3-11-10(8-9)12-13(22-11)14(20-15(17)19-12)21-6-1-4-18-5-7-21/h2-3,8,18H,1,4-7H2,(H2,17,19,20). The van der Waals surface area contributed by atoms with Crippen LogP contribution in [0.2, 0.25) is 5.02 Å². The minimum absolute atomic E-state index is 0.252. The van der Waals surface area contributed by atoms with Gasteiger partial charge in [-0.1, -0.05) is 11.6 Å². The lowest BCUT2D eigenvalue weighted by molar-refractivity contribution is 0.660. The van der Waals surface area contributed by atoms with Gasteiger partial charge in [-0.3, -0.25) is 0 Å². The van der Waals surface area contributed by atoms with Crippen molar-refractivity contribution in [1.82, 2.24) is 15.3 Å². The van der Waals surface area contributed by atoms with E-state index in [2.05, 4.69) is 20.2 Å². The number of furan rings is 1. The van der Waals surface area contributed by atoms with Crippen LogP contribution >= 0.6 is 11.6 Å². The first kappa shape index (κ1) is 13.6. The van der Waals surface area contributed by atoms with E-state index in [1.54, 1.807) is 6.07 Å². The minimum atomic E-state index is 0.252. The number of hydrogen-bond acceptors (Lipinski definition) is 6. The number of nitrogens with zero attached hydrogens (tertiary/aromatic N) is 3. The maximum atomic E-state index is 6.09. The molecule has 0 atom stereocenters. The Hall–Kier alpha value is -2.05. The van der Waals surface area contributed by atoms with Crippen molar-refractivity contribution in [2.45, 2.75) is 6.42 Å². The zero-order chi connectivity index (χ0) is 15.1. The van der Waals surface area contributed by atoms with Crippen molar-refractivity contribution in [3.8, 4) is 0 Å². The zero-order valence-electron chi connectivity index (χ0n) is 12.0. The molecule has 3 heterocycles. The molecule has 0 saturated carbocycles. The van der Waals surface area contributed by atoms with Gasteiger partial charge in [-0.25, -0.2) is 4.98 Å². The smallest absolute Gasteiger partial charge is 0.222 e. The molecular weight excluding hydrogens is 302 g/mol. The summed E-state index contributed by atoms with van der Waals surface area (Å²) in [5, 5.41) is 4.89. The van der Waals surface area contributed by atoms with Crippen molar-refractivity contribution in [2.24, 2.45) is 0 Å². The van der Waals surface area contributed by atoms with Crippen LogP contribution in [-0.4, -0.2) is 36.1 Å². The molecule has 1 aliphatic heterocycles. The summed E-state index contributed by atoms with van der Waals surface area (Å²) >= 11 is 6.09. The molecule has 0 spiro atoms. The van der Waals surface area contributed by atoms with Crippen LogP contribution in [0.3, 0.4) is 0 Å². The topological polar surface area (TPSA) is 80.2 Å². The summed E-state index contributed by atoms with van der Waals surface area (Å²) in [6, 6.07) is 5.50. The summed E-state index contributed by atoms with van der Waals surface area (Å²) in [5.74, 6) is 1.01. The van der Waals surface area contributed by atoms with E-state index in [1.165, 1.54) is 0 Å². The van der Waals surface area contributed by atoms with Crippen LogP contribution < -0.4 is 16.0 Å². The number of rotatable bonds is 1. The van der Waals surface area contributed by atoms with E-state index >= 15 is 0 Å². The molecule has 4 rings (SSSR count). The average Bonchev–Trinajstić information content (AvgIpc) is 2.70. The van der Waals surface area contributed by atoms with Gasteiger partial charge in [-0.2, -0.15) is 4.98 Å². The summed E-state index contributed by atoms with van der Waals surface area (Å²) < 4.78 is 5.99. The molecule has 6 nitrogen and oxygen atoms in total. The van der Waals surface area contributed by atoms with E-state index in [9.17, 15) is 0 Å². The van der Waals surface area contributed by atoms with E-state index in [0.29, 0.717) is 10.6 Å². The van der Waals surface area contributed by atoms with Gasteiger partial charge >= 0.3 is 0 Å². The number of hydrogen-bond donors (Lipinski definition) is 2. The third-order valence-electron chi connectivity index (χ3n) is 3.91. The molecule has 22 heavy (non-hydrogen) atoms. The first-order valence-corrected chi connectivity index (χ1v) is 7.71. The Kier molecular flexibility index (Phi) is 3.28. The van der Waals surface area contributed by atoms with Crippen molar-refractivity contribution < 1.29 is 4.42 Å². The first-order valence-electron chi connectivity index (χ1n) is 7.33. The third kappa shape index (κ3) is 2.24. The molecular formula is C15H16ClN5O. The molecule has 2 aromatic heterocycles. The quantitative estimate of drug-likeness (QED) is 0.717. The Balaban J connectivity index is 1.95. The Morgan fingerprint density at radius 2 is 2.14 bits per heavy atom. The number of aromatic nitrogens is 2. The summed E-state index contributed by atoms with van der Waals surface area (Å²) in [7, 11) is 0. The van der Waals surface area contributed by atoms with Crippen molar-refractivity contribution in [2.75, 3.05) is 36.8 Å². The van der Waals surface area contributed by atoms with Gasteiger partial charge in [0, 0.05) is 30.0 Å². The molecule has 1 aromatic carbocycles. The van der Waals surface area contributed by atoms with Gasteiger partial charge in [0.15, 0.2) is 11.4 Å². The Bertz CT molecular complexity index is 839. The Morgan fingerprint density at radius 1 is 1.23 bits per heavy atom. The molecule has 0 amide bonds. The van der Waals surface area contributed by atoms with Crippen LogP contribution in [0, 0.1) is 0 Å². The zero-order valence-corrected chi connectivity index (χ0v) is 12.7. The second kappa shape index (κ2) is 5.30. The fourth-order valence-electron chi connectivity index (χ4n) is 2.89. The van der Waals surface area contributed by atoms with E-state index in [1.807, 2.05) is 12.1 Å². The molecule has 3 aromatic rings. The highest BCUT2D eigenvalue weighted by atomic mass is 35.5. The predicted molar refractivity (Wildman–Crippen MR) is 88.4 cm³/mol. The molecule has 114 valence electrons. The third-order valence-corrected chi connectivity index (χ3v) is 4.15. The number of nitrogens with two attached hydrogens (primary N) is 1. The van der Waals surface area contributed by atoms with Crippen molar-refractivity contribution in [1.29, 1.82) is 0 Å². The summed E-state index contributed by atoms with van der Waals surface area (Å²) in [4.78, 5) is 11.0. The lowest BCUT2D eigenvalue weighted by Crippen LogP contribution is -2.29. The maximum Gasteiger partial charge on any atom is 0.222 e. The van der Waals surface area contributed by atoms with E-state index in [-0.39, 0.29) is 5.95 Å². The van der Waals surface area contributed by atoms with Crippen LogP contribution in [0.15, 0.2) is 22.6 Å². The average molecular weight is 318 g/mol. The highest BCUT2D eigenvalue weighted by Gasteiger charge is 2.20. The Morgan fingerprint density at radius 3 is 3.05 bits per heavy atom. The van der Waals surface area contributed by atoms with E-state index in [0.717, 1.165) is 54.9 Å². The van der Waals surface area contributed by atoms with E-state index < -0.39 is 0 Å². The molecule has 0 unspecified atom stereocenters. The molecule has 1 aliphatic rings. The number of anilines is 2. The fraction of sp³-hybridized carbons (Fsp3) is 0.333. The van der Waals surface area contributed by atoms with Crippen molar-refractivity contribution >= 4 is 45.4 Å². The molecule has 3 N–H and O–H groups in total. The lowest BCUT2D eigenvalue weighted by Gasteiger charge is -2.20. The normalized spacial score (nSPS) is 16.3. The summed E-state index contributed by atoms with van der Waals surface area (Å²) in [6.07, 6.45) is 1.05. The van der Waals surface area contributed by atoms with Gasteiger partial charge in [0.25, 0.3) is 0 Å². The molecule has 1 saturated heterocycles. The van der Waals surface area contributed by atoms with Gasteiger partial charge in [0.2, 0.25) is 5.95 Å². The molecule has 0 radical (unpaired) electrons. The summed E-state index contributed by atoms with van der Waals surface area (Å²) in [6.45, 7) is 3.70. The van der Waals surface area contributed by atoms with Crippen LogP contribution in [0.5, 0.6) is 0 Å². The fourth-order valence-corrected chi connectivity index (χ4v) is 3.06. The molecule has 0 aliphatic carbocycles. The number of fused-ring (bicyclic) bond motifs is 3. The predicted octanol–water partition coefficient (Wildman–Crippen LogP) is 2.41. The molecule has 7 heteroatoms. The molecule has 1 fully saturated rings. The van der Waals surface area contributed by atoms with Crippen LogP contribution in [-0.2, 0) is 0 Å². The van der Waals surface area contributed by atoms with Crippen molar-refractivity contribution in [3.05, 3.63) is 23.2 Å². The monoisotopic (exact) mass is 317 g/mol. The maximum absolute atomic E-state index is 6.09. The van der Waals surface area contributed by atoms with Crippen molar-refractivity contribution in [3.63, 3.8) is 0 Å². The van der Waals surface area contributed by atoms with Crippen LogP contribution in [0.4, 0.5) is 11.8 Å².